The third-order valence-electron chi connectivity index (χ3n) is 3.02. The van der Waals surface area contributed by atoms with Gasteiger partial charge in [0.05, 0.1) is 0 Å². The van der Waals surface area contributed by atoms with Crippen LogP contribution in [-0.2, 0) is 0 Å². The quantitative estimate of drug-likeness (QED) is 0.716. The molecule has 1 aliphatic heterocycles. The molecule has 0 bridgehead atoms. The first kappa shape index (κ1) is 13.3. The fraction of sp³-hybridized carbons (Fsp3) is 0.917. The van der Waals surface area contributed by atoms with E-state index in [4.69, 9.17) is 5.73 Å². The number of carbonyl (C=O) groups excluding carboxylic acids is 1. The van der Waals surface area contributed by atoms with Crippen molar-refractivity contribution in [3.05, 3.63) is 0 Å². The summed E-state index contributed by atoms with van der Waals surface area (Å²) < 4.78 is 0. The molecule has 4 heteroatoms. The summed E-state index contributed by atoms with van der Waals surface area (Å²) in [6.07, 6.45) is 3.27. The number of likely N-dealkylation sites (tertiary alicyclic amines) is 1. The van der Waals surface area contributed by atoms with Crippen LogP contribution in [0.15, 0.2) is 0 Å². The molecule has 2 atom stereocenters. The van der Waals surface area contributed by atoms with Crippen molar-refractivity contribution < 1.29 is 4.79 Å². The highest BCUT2D eigenvalue weighted by molar-refractivity contribution is 5.75. The molecule has 0 aromatic rings. The first-order chi connectivity index (χ1) is 7.35. The lowest BCUT2D eigenvalue weighted by molar-refractivity contribution is 0.113. The molecule has 94 valence electrons. The highest BCUT2D eigenvalue weighted by Gasteiger charge is 2.32. The number of nitrogens with zero attached hydrogens (tertiary/aromatic N) is 1. The van der Waals surface area contributed by atoms with Crippen LogP contribution in [0, 0.1) is 0 Å². The molecule has 0 spiro atoms. The van der Waals surface area contributed by atoms with Crippen LogP contribution < -0.4 is 11.1 Å². The van der Waals surface area contributed by atoms with Crippen molar-refractivity contribution in [2.45, 2.75) is 64.6 Å². The molecule has 1 fully saturated rings. The average molecular weight is 227 g/mol. The fourth-order valence-electron chi connectivity index (χ4n) is 2.27. The maximum absolute atomic E-state index is 12.2. The van der Waals surface area contributed by atoms with Gasteiger partial charge in [0.2, 0.25) is 0 Å². The molecule has 1 aliphatic rings. The van der Waals surface area contributed by atoms with Crippen LogP contribution in [0.3, 0.4) is 0 Å². The monoisotopic (exact) mass is 227 g/mol. The van der Waals surface area contributed by atoms with E-state index in [0.29, 0.717) is 12.6 Å². The summed E-state index contributed by atoms with van der Waals surface area (Å²) in [4.78, 5) is 14.1. The van der Waals surface area contributed by atoms with Gasteiger partial charge in [-0.25, -0.2) is 4.79 Å². The maximum Gasteiger partial charge on any atom is 0.318 e. The van der Waals surface area contributed by atoms with Gasteiger partial charge >= 0.3 is 6.03 Å². The minimum atomic E-state index is -0.187. The Hall–Kier alpha value is -0.770. The lowest BCUT2D eigenvalue weighted by atomic mass is 9.97. The maximum atomic E-state index is 12.2. The van der Waals surface area contributed by atoms with Crippen molar-refractivity contribution in [3.8, 4) is 0 Å². The Morgan fingerprint density at radius 2 is 2.06 bits per heavy atom. The summed E-state index contributed by atoms with van der Waals surface area (Å²) >= 11 is 0. The van der Waals surface area contributed by atoms with Gasteiger partial charge in [-0.15, -0.1) is 0 Å². The Balaban J connectivity index is 2.70. The lowest BCUT2D eigenvalue weighted by Gasteiger charge is -2.41. The highest BCUT2D eigenvalue weighted by atomic mass is 16.2. The molecule has 16 heavy (non-hydrogen) atoms. The second kappa shape index (κ2) is 5.04. The van der Waals surface area contributed by atoms with Crippen molar-refractivity contribution in [2.24, 2.45) is 5.73 Å². The van der Waals surface area contributed by atoms with Crippen molar-refractivity contribution in [2.75, 3.05) is 6.54 Å². The Morgan fingerprint density at radius 1 is 1.44 bits per heavy atom. The van der Waals surface area contributed by atoms with Crippen molar-refractivity contribution in [1.29, 1.82) is 0 Å². The lowest BCUT2D eigenvalue weighted by Crippen LogP contribution is -2.58. The summed E-state index contributed by atoms with van der Waals surface area (Å²) in [7, 11) is 0. The number of urea groups is 1. The number of nitrogens with two attached hydrogens (primary N) is 1. The van der Waals surface area contributed by atoms with E-state index in [0.717, 1.165) is 12.8 Å². The Morgan fingerprint density at radius 3 is 2.56 bits per heavy atom. The number of hydrogen-bond acceptors (Lipinski definition) is 2. The van der Waals surface area contributed by atoms with Gasteiger partial charge in [0.1, 0.15) is 0 Å². The molecule has 1 heterocycles. The average Bonchev–Trinajstić information content (AvgIpc) is 2.14. The van der Waals surface area contributed by atoms with Gasteiger partial charge in [0, 0.05) is 24.2 Å². The molecule has 2 unspecified atom stereocenters. The van der Waals surface area contributed by atoms with E-state index in [1.807, 2.05) is 25.7 Å². The predicted octanol–water partition coefficient (Wildman–Crippen LogP) is 1.70. The number of hydrogen-bond donors (Lipinski definition) is 2. The van der Waals surface area contributed by atoms with E-state index in [-0.39, 0.29) is 17.6 Å². The molecule has 0 saturated carbocycles. The van der Waals surface area contributed by atoms with E-state index in [1.165, 1.54) is 6.42 Å². The van der Waals surface area contributed by atoms with E-state index < -0.39 is 0 Å². The molecule has 0 aromatic carbocycles. The second-order valence-electron chi connectivity index (χ2n) is 5.76. The number of carbonyl (C=O) groups is 1. The molecule has 2 amide bonds. The zero-order valence-electron chi connectivity index (χ0n) is 10.9. The summed E-state index contributed by atoms with van der Waals surface area (Å²) in [5, 5.41) is 3.02. The molecule has 0 aliphatic carbocycles. The Bertz CT molecular complexity index is 247. The van der Waals surface area contributed by atoms with E-state index in [9.17, 15) is 4.79 Å². The third kappa shape index (κ3) is 3.37. The van der Waals surface area contributed by atoms with Gasteiger partial charge in [-0.2, -0.15) is 0 Å². The number of amides is 2. The van der Waals surface area contributed by atoms with Crippen LogP contribution in [0.2, 0.25) is 0 Å². The normalized spacial score (nSPS) is 26.7. The molecule has 0 aromatic heterocycles. The van der Waals surface area contributed by atoms with Crippen molar-refractivity contribution in [3.63, 3.8) is 0 Å². The standard InChI is InChI=1S/C12H25N3O/c1-9-6-5-7-10(8-13)15(9)11(16)14-12(2,3)4/h9-10H,5-8,13H2,1-4H3,(H,14,16). The van der Waals surface area contributed by atoms with Crippen LogP contribution in [-0.4, -0.2) is 35.1 Å². The van der Waals surface area contributed by atoms with Crippen LogP contribution in [0.5, 0.6) is 0 Å². The van der Waals surface area contributed by atoms with Crippen LogP contribution in [0.1, 0.15) is 47.0 Å². The fourth-order valence-corrected chi connectivity index (χ4v) is 2.27. The van der Waals surface area contributed by atoms with Gasteiger partial charge < -0.3 is 16.0 Å². The van der Waals surface area contributed by atoms with E-state index in [1.54, 1.807) is 0 Å². The Labute approximate surface area is 98.6 Å². The highest BCUT2D eigenvalue weighted by Crippen LogP contribution is 2.22. The van der Waals surface area contributed by atoms with Crippen LogP contribution >= 0.6 is 0 Å². The molecular weight excluding hydrogens is 202 g/mol. The Kier molecular flexibility index (Phi) is 4.19. The third-order valence-corrected chi connectivity index (χ3v) is 3.02. The topological polar surface area (TPSA) is 58.4 Å². The van der Waals surface area contributed by atoms with Crippen molar-refractivity contribution >= 4 is 6.03 Å². The molecular formula is C12H25N3O. The van der Waals surface area contributed by atoms with E-state index >= 15 is 0 Å². The van der Waals surface area contributed by atoms with Gasteiger partial charge in [-0.1, -0.05) is 0 Å². The zero-order chi connectivity index (χ0) is 12.3. The summed E-state index contributed by atoms with van der Waals surface area (Å²) in [6.45, 7) is 8.65. The van der Waals surface area contributed by atoms with Crippen molar-refractivity contribution in [1.82, 2.24) is 10.2 Å². The first-order valence-electron chi connectivity index (χ1n) is 6.15. The second-order valence-corrected chi connectivity index (χ2v) is 5.76. The smallest absolute Gasteiger partial charge is 0.318 e. The van der Waals surface area contributed by atoms with Gasteiger partial charge in [0.25, 0.3) is 0 Å². The first-order valence-corrected chi connectivity index (χ1v) is 6.15. The van der Waals surface area contributed by atoms with Crippen LogP contribution in [0.25, 0.3) is 0 Å². The summed E-state index contributed by atoms with van der Waals surface area (Å²) in [5.74, 6) is 0. The van der Waals surface area contributed by atoms with Gasteiger partial charge in [0.15, 0.2) is 0 Å². The van der Waals surface area contributed by atoms with Gasteiger partial charge in [-0.3, -0.25) is 0 Å². The zero-order valence-corrected chi connectivity index (χ0v) is 10.9. The number of rotatable bonds is 1. The molecule has 3 N–H and O–H groups in total. The minimum absolute atomic E-state index is 0.0233. The molecule has 4 nitrogen and oxygen atoms in total. The predicted molar refractivity (Wildman–Crippen MR) is 66.3 cm³/mol. The molecule has 0 radical (unpaired) electrons. The molecule has 1 rings (SSSR count). The summed E-state index contributed by atoms with van der Waals surface area (Å²) in [5.41, 5.74) is 5.55. The minimum Gasteiger partial charge on any atom is -0.333 e. The summed E-state index contributed by atoms with van der Waals surface area (Å²) in [6, 6.07) is 0.519. The number of nitrogens with one attached hydrogen (secondary N) is 1. The van der Waals surface area contributed by atoms with Crippen LogP contribution in [0.4, 0.5) is 4.79 Å². The largest absolute Gasteiger partial charge is 0.333 e. The van der Waals surface area contributed by atoms with E-state index in [2.05, 4.69) is 12.2 Å². The SMILES string of the molecule is CC1CCCC(CN)N1C(=O)NC(C)(C)C. The van der Waals surface area contributed by atoms with Gasteiger partial charge in [-0.05, 0) is 47.0 Å². The molecule has 1 saturated heterocycles. The number of piperidine rings is 1.